The van der Waals surface area contributed by atoms with Crippen molar-refractivity contribution in [3.05, 3.63) is 40.1 Å². The van der Waals surface area contributed by atoms with Gasteiger partial charge in [0.25, 0.3) is 5.91 Å². The van der Waals surface area contributed by atoms with E-state index in [4.69, 9.17) is 19.9 Å². The highest BCUT2D eigenvalue weighted by Gasteiger charge is 2.25. The Labute approximate surface area is 149 Å². The third-order valence-corrected chi connectivity index (χ3v) is 4.89. The molecule has 2 aromatic rings. The molecule has 6 nitrogen and oxygen atoms in total. The molecule has 0 aliphatic heterocycles. The molecule has 0 saturated carbocycles. The molecule has 0 saturated heterocycles. The monoisotopic (exact) mass is 396 g/mol. The molecule has 0 atom stereocenters. The van der Waals surface area contributed by atoms with Crippen molar-refractivity contribution in [2.24, 2.45) is 5.73 Å². The lowest BCUT2D eigenvalue weighted by Gasteiger charge is -2.17. The molecule has 0 bridgehead atoms. The van der Waals surface area contributed by atoms with Gasteiger partial charge in [-0.2, -0.15) is 0 Å². The topological polar surface area (TPSA) is 75.7 Å². The number of amides is 1. The van der Waals surface area contributed by atoms with E-state index >= 15 is 0 Å². The zero-order valence-electron chi connectivity index (χ0n) is 14.1. The van der Waals surface area contributed by atoms with Crippen molar-refractivity contribution < 1.29 is 19.0 Å². The summed E-state index contributed by atoms with van der Waals surface area (Å²) >= 11 is 3.58. The maximum Gasteiger partial charge on any atom is 0.266 e. The summed E-state index contributed by atoms with van der Waals surface area (Å²) in [6.07, 6.45) is -0.482. The summed E-state index contributed by atoms with van der Waals surface area (Å²) < 4.78 is 18.3. The molecule has 1 aromatic heterocycles. The van der Waals surface area contributed by atoms with E-state index < -0.39 is 12.2 Å². The van der Waals surface area contributed by atoms with Crippen LogP contribution in [0, 0.1) is 6.92 Å². The largest absolute Gasteiger partial charge is 0.497 e. The number of hydrogen-bond acceptors (Lipinski definition) is 4. The molecule has 0 unspecified atom stereocenters. The number of rotatable bonds is 7. The minimum Gasteiger partial charge on any atom is -0.497 e. The van der Waals surface area contributed by atoms with Crippen LogP contribution in [0.4, 0.5) is 0 Å². The van der Waals surface area contributed by atoms with Crippen molar-refractivity contribution in [1.82, 2.24) is 4.57 Å². The molecule has 1 heterocycles. The fourth-order valence-electron chi connectivity index (χ4n) is 2.61. The average Bonchev–Trinajstić information content (AvgIpc) is 2.84. The van der Waals surface area contributed by atoms with E-state index in [1.54, 1.807) is 21.3 Å². The Hall–Kier alpha value is -1.83. The predicted octanol–water partition coefficient (Wildman–Crippen LogP) is 2.95. The zero-order chi connectivity index (χ0) is 17.9. The fraction of sp³-hybridized carbons (Fsp3) is 0.353. The minimum absolute atomic E-state index is 0.353. The van der Waals surface area contributed by atoms with Gasteiger partial charge < -0.3 is 24.5 Å². The second-order valence-electron chi connectivity index (χ2n) is 5.23. The molecule has 0 aliphatic rings. The van der Waals surface area contributed by atoms with Gasteiger partial charge in [0, 0.05) is 29.9 Å². The van der Waals surface area contributed by atoms with Crippen molar-refractivity contribution >= 4 is 21.8 Å². The number of methoxy groups -OCH3 is 3. The first-order chi connectivity index (χ1) is 11.4. The average molecular weight is 397 g/mol. The van der Waals surface area contributed by atoms with Crippen molar-refractivity contribution in [3.8, 4) is 16.9 Å². The first kappa shape index (κ1) is 18.5. The molecule has 1 aromatic carbocycles. The lowest BCUT2D eigenvalue weighted by Crippen LogP contribution is -2.26. The number of nitrogens with zero attached hydrogens (tertiary/aromatic N) is 1. The van der Waals surface area contributed by atoms with Gasteiger partial charge in [0.05, 0.1) is 13.7 Å². The molecule has 24 heavy (non-hydrogen) atoms. The molecule has 0 spiro atoms. The number of nitrogens with two attached hydrogens (primary N) is 1. The van der Waals surface area contributed by atoms with Gasteiger partial charge in [-0.1, -0.05) is 12.1 Å². The Kier molecular flexibility index (Phi) is 6.04. The zero-order valence-corrected chi connectivity index (χ0v) is 15.7. The van der Waals surface area contributed by atoms with Crippen LogP contribution in [-0.2, 0) is 16.0 Å². The molecule has 0 aliphatic carbocycles. The molecule has 1 amide bonds. The Bertz CT molecular complexity index is 721. The van der Waals surface area contributed by atoms with E-state index in [2.05, 4.69) is 15.9 Å². The highest BCUT2D eigenvalue weighted by molar-refractivity contribution is 9.10. The van der Waals surface area contributed by atoms with Gasteiger partial charge in [-0.25, -0.2) is 0 Å². The highest BCUT2D eigenvalue weighted by Crippen LogP contribution is 2.37. The van der Waals surface area contributed by atoms with Gasteiger partial charge >= 0.3 is 0 Å². The standard InChI is InChI=1S/C17H21BrN2O4/c1-10-15(18)14(11-5-7-12(22-2)8-6-11)16(17(19)21)20(10)9-13(23-3)24-4/h5-8,13H,9H2,1-4H3,(H2,19,21). The second kappa shape index (κ2) is 7.83. The van der Waals surface area contributed by atoms with E-state index in [9.17, 15) is 4.79 Å². The van der Waals surface area contributed by atoms with E-state index in [1.165, 1.54) is 0 Å². The number of primary amides is 1. The molecule has 2 N–H and O–H groups in total. The summed E-state index contributed by atoms with van der Waals surface area (Å²) in [6, 6.07) is 7.46. The predicted molar refractivity (Wildman–Crippen MR) is 95.2 cm³/mol. The fourth-order valence-corrected chi connectivity index (χ4v) is 3.24. The third-order valence-electron chi connectivity index (χ3n) is 3.92. The molecule has 130 valence electrons. The summed E-state index contributed by atoms with van der Waals surface area (Å²) in [7, 11) is 4.71. The summed E-state index contributed by atoms with van der Waals surface area (Å²) in [5.41, 5.74) is 8.55. The van der Waals surface area contributed by atoms with E-state index in [-0.39, 0.29) is 0 Å². The van der Waals surface area contributed by atoms with E-state index in [0.29, 0.717) is 12.2 Å². The summed E-state index contributed by atoms with van der Waals surface area (Å²) in [5.74, 6) is 0.228. The van der Waals surface area contributed by atoms with Crippen LogP contribution >= 0.6 is 15.9 Å². The van der Waals surface area contributed by atoms with Crippen LogP contribution in [0.3, 0.4) is 0 Å². The number of carbonyl (C=O) groups is 1. The van der Waals surface area contributed by atoms with Crippen LogP contribution in [0.1, 0.15) is 16.2 Å². The maximum absolute atomic E-state index is 12.1. The lowest BCUT2D eigenvalue weighted by molar-refractivity contribution is -0.111. The SMILES string of the molecule is COc1ccc(-c2c(Br)c(C)n(CC(OC)OC)c2C(N)=O)cc1. The van der Waals surface area contributed by atoms with Crippen LogP contribution in [0.15, 0.2) is 28.7 Å². The number of ether oxygens (including phenoxy) is 3. The molecule has 0 fully saturated rings. The molecule has 2 rings (SSSR count). The minimum atomic E-state index is -0.513. The smallest absolute Gasteiger partial charge is 0.266 e. The highest BCUT2D eigenvalue weighted by atomic mass is 79.9. The molecule has 7 heteroatoms. The van der Waals surface area contributed by atoms with Crippen LogP contribution in [-0.4, -0.2) is 38.1 Å². The van der Waals surface area contributed by atoms with Crippen LogP contribution in [0.2, 0.25) is 0 Å². The molecular formula is C17H21BrN2O4. The summed E-state index contributed by atoms with van der Waals surface area (Å²) in [4.78, 5) is 12.1. The van der Waals surface area contributed by atoms with Gasteiger partial charge in [-0.05, 0) is 40.5 Å². The van der Waals surface area contributed by atoms with Gasteiger partial charge in [0.2, 0.25) is 0 Å². The van der Waals surface area contributed by atoms with Gasteiger partial charge in [-0.3, -0.25) is 4.79 Å². The van der Waals surface area contributed by atoms with Crippen LogP contribution in [0.5, 0.6) is 5.75 Å². The number of halogens is 1. The first-order valence-electron chi connectivity index (χ1n) is 7.33. The number of hydrogen-bond donors (Lipinski definition) is 1. The number of carbonyl (C=O) groups excluding carboxylic acids is 1. The number of aromatic nitrogens is 1. The maximum atomic E-state index is 12.1. The van der Waals surface area contributed by atoms with Crippen molar-refractivity contribution in [2.75, 3.05) is 21.3 Å². The number of benzene rings is 1. The van der Waals surface area contributed by atoms with Crippen molar-refractivity contribution in [3.63, 3.8) is 0 Å². The van der Waals surface area contributed by atoms with Gasteiger partial charge in [0.15, 0.2) is 6.29 Å². The third kappa shape index (κ3) is 3.48. The Balaban J connectivity index is 2.60. The van der Waals surface area contributed by atoms with Crippen LogP contribution in [0.25, 0.3) is 11.1 Å². The Morgan fingerprint density at radius 3 is 2.25 bits per heavy atom. The normalized spacial score (nSPS) is 11.1. The van der Waals surface area contributed by atoms with E-state index in [0.717, 1.165) is 27.0 Å². The molecular weight excluding hydrogens is 376 g/mol. The van der Waals surface area contributed by atoms with E-state index in [1.807, 2.05) is 35.8 Å². The Morgan fingerprint density at radius 1 is 1.21 bits per heavy atom. The lowest BCUT2D eigenvalue weighted by atomic mass is 10.1. The van der Waals surface area contributed by atoms with Gasteiger partial charge in [-0.15, -0.1) is 0 Å². The second-order valence-corrected chi connectivity index (χ2v) is 6.02. The quantitative estimate of drug-likeness (QED) is 0.729. The summed E-state index contributed by atoms with van der Waals surface area (Å²) in [5, 5.41) is 0. The Morgan fingerprint density at radius 2 is 1.79 bits per heavy atom. The van der Waals surface area contributed by atoms with Gasteiger partial charge in [0.1, 0.15) is 11.4 Å². The van der Waals surface area contributed by atoms with Crippen molar-refractivity contribution in [2.45, 2.75) is 19.8 Å². The van der Waals surface area contributed by atoms with Crippen LogP contribution < -0.4 is 10.5 Å². The summed E-state index contributed by atoms with van der Waals surface area (Å²) in [6.45, 7) is 2.26. The molecule has 0 radical (unpaired) electrons. The first-order valence-corrected chi connectivity index (χ1v) is 8.12. The van der Waals surface area contributed by atoms with Crippen molar-refractivity contribution in [1.29, 1.82) is 0 Å².